The summed E-state index contributed by atoms with van der Waals surface area (Å²) in [4.78, 5) is 19.1. The lowest BCUT2D eigenvalue weighted by Crippen LogP contribution is -2.07. The van der Waals surface area contributed by atoms with Gasteiger partial charge in [-0.1, -0.05) is 0 Å². The number of carboxylic acid groups (broad SMARTS) is 1. The van der Waals surface area contributed by atoms with E-state index in [1.54, 1.807) is 0 Å². The van der Waals surface area contributed by atoms with Crippen molar-refractivity contribution in [2.75, 3.05) is 5.75 Å². The van der Waals surface area contributed by atoms with Crippen LogP contribution in [0.5, 0.6) is 5.75 Å². The third-order valence-electron chi connectivity index (χ3n) is 3.14. The lowest BCUT2D eigenvalue weighted by atomic mass is 10.2. The van der Waals surface area contributed by atoms with Crippen molar-refractivity contribution in [2.45, 2.75) is 18.9 Å². The van der Waals surface area contributed by atoms with E-state index in [9.17, 15) is 18.7 Å². The van der Waals surface area contributed by atoms with Crippen LogP contribution in [0.4, 0.5) is 8.78 Å². The molecule has 3 rings (SSSR count). The number of aliphatic imine (C=N–C) groups is 1. The van der Waals surface area contributed by atoms with Crippen LogP contribution in [0.2, 0.25) is 0 Å². The van der Waals surface area contributed by atoms with Crippen LogP contribution in [0.1, 0.15) is 17.8 Å². The number of halogens is 2. The first-order valence-electron chi connectivity index (χ1n) is 6.36. The number of rotatable bonds is 4. The van der Waals surface area contributed by atoms with Gasteiger partial charge in [-0.15, -0.1) is 23.1 Å². The number of carboxylic acids is 1. The summed E-state index contributed by atoms with van der Waals surface area (Å²) in [6.07, 6.45) is 0.468. The molecule has 5 nitrogen and oxygen atoms in total. The second-order valence-corrected chi connectivity index (χ2v) is 6.73. The molecule has 2 aromatic rings. The Kier molecular flexibility index (Phi) is 4.00. The lowest BCUT2D eigenvalue weighted by molar-refractivity contribution is -0.137. The Labute approximate surface area is 131 Å². The summed E-state index contributed by atoms with van der Waals surface area (Å²) in [7, 11) is 0. The van der Waals surface area contributed by atoms with Crippen molar-refractivity contribution in [3.05, 3.63) is 22.7 Å². The second-order valence-electron chi connectivity index (χ2n) is 4.72. The summed E-state index contributed by atoms with van der Waals surface area (Å²) in [5.74, 6) is -3.32. The molecule has 1 unspecified atom stereocenters. The summed E-state index contributed by atoms with van der Waals surface area (Å²) in [5, 5.41) is 19.0. The number of hydrogen-bond acceptors (Lipinski definition) is 6. The largest absolute Gasteiger partial charge is 0.503 e. The average Bonchev–Trinajstić information content (AvgIpc) is 3.09. The molecule has 1 aromatic heterocycles. The topological polar surface area (TPSA) is 82.8 Å². The maximum atomic E-state index is 13.8. The number of phenols is 1. The quantitative estimate of drug-likeness (QED) is 0.891. The number of benzene rings is 1. The van der Waals surface area contributed by atoms with Crippen LogP contribution < -0.4 is 0 Å². The maximum Gasteiger partial charge on any atom is 0.303 e. The molecular formula is C13H10F2N2O3S2. The summed E-state index contributed by atoms with van der Waals surface area (Å²) < 4.78 is 27.2. The molecule has 2 heterocycles. The summed E-state index contributed by atoms with van der Waals surface area (Å²) in [6, 6.07) is 0.869. The molecule has 116 valence electrons. The van der Waals surface area contributed by atoms with Gasteiger partial charge in [-0.3, -0.25) is 9.79 Å². The van der Waals surface area contributed by atoms with Crippen molar-refractivity contribution in [1.82, 2.24) is 4.98 Å². The highest BCUT2D eigenvalue weighted by Gasteiger charge is 2.24. The second kappa shape index (κ2) is 5.81. The zero-order valence-electron chi connectivity index (χ0n) is 11.0. The number of aliphatic carboxylic acids is 1. The minimum absolute atomic E-state index is 0.0373. The van der Waals surface area contributed by atoms with Gasteiger partial charge in [0.25, 0.3) is 0 Å². The SMILES string of the molecule is O=C(O)CCC1CSC(c2nc3cc(F)c(O)c(F)c3s2)=N1. The molecule has 0 amide bonds. The highest BCUT2D eigenvalue weighted by molar-refractivity contribution is 8.15. The van der Waals surface area contributed by atoms with Crippen LogP contribution in [-0.4, -0.2) is 38.0 Å². The fraction of sp³-hybridized carbons (Fsp3) is 0.308. The fourth-order valence-electron chi connectivity index (χ4n) is 2.05. The minimum atomic E-state index is -1.05. The molecule has 2 N–H and O–H groups in total. The van der Waals surface area contributed by atoms with Crippen LogP contribution >= 0.6 is 23.1 Å². The van der Waals surface area contributed by atoms with Crippen molar-refractivity contribution in [2.24, 2.45) is 4.99 Å². The molecule has 22 heavy (non-hydrogen) atoms. The highest BCUT2D eigenvalue weighted by atomic mass is 32.2. The van der Waals surface area contributed by atoms with E-state index >= 15 is 0 Å². The van der Waals surface area contributed by atoms with Gasteiger partial charge >= 0.3 is 5.97 Å². The van der Waals surface area contributed by atoms with Gasteiger partial charge in [0.05, 0.1) is 16.3 Å². The number of hydrogen-bond donors (Lipinski definition) is 2. The van der Waals surface area contributed by atoms with Gasteiger partial charge < -0.3 is 10.2 Å². The van der Waals surface area contributed by atoms with Gasteiger partial charge in [0.15, 0.2) is 17.4 Å². The smallest absolute Gasteiger partial charge is 0.303 e. The number of fused-ring (bicyclic) bond motifs is 1. The van der Waals surface area contributed by atoms with Crippen molar-refractivity contribution in [3.8, 4) is 5.75 Å². The predicted molar refractivity (Wildman–Crippen MR) is 80.9 cm³/mol. The van der Waals surface area contributed by atoms with E-state index in [2.05, 4.69) is 9.98 Å². The van der Waals surface area contributed by atoms with Gasteiger partial charge in [0.2, 0.25) is 0 Å². The first-order chi connectivity index (χ1) is 10.5. The molecule has 1 aromatic carbocycles. The molecular weight excluding hydrogens is 334 g/mol. The van der Waals surface area contributed by atoms with Gasteiger partial charge in [0, 0.05) is 18.2 Å². The molecule has 0 bridgehead atoms. The van der Waals surface area contributed by atoms with Crippen molar-refractivity contribution >= 4 is 44.3 Å². The third kappa shape index (κ3) is 2.78. The predicted octanol–water partition coefficient (Wildman–Crippen LogP) is 3.01. The Morgan fingerprint density at radius 3 is 2.95 bits per heavy atom. The molecule has 0 radical (unpaired) electrons. The van der Waals surface area contributed by atoms with E-state index < -0.39 is 23.4 Å². The Morgan fingerprint density at radius 2 is 2.23 bits per heavy atom. The van der Waals surface area contributed by atoms with Crippen LogP contribution in [0, 0.1) is 11.6 Å². The molecule has 1 atom stereocenters. The summed E-state index contributed by atoms with van der Waals surface area (Å²) >= 11 is 2.40. The molecule has 0 aliphatic carbocycles. The molecule has 0 spiro atoms. The van der Waals surface area contributed by atoms with Crippen LogP contribution in [0.25, 0.3) is 10.2 Å². The molecule has 0 saturated heterocycles. The van der Waals surface area contributed by atoms with E-state index in [0.717, 1.165) is 17.4 Å². The molecule has 9 heteroatoms. The molecule has 0 saturated carbocycles. The average molecular weight is 344 g/mol. The van der Waals surface area contributed by atoms with E-state index in [-0.39, 0.29) is 22.7 Å². The molecule has 1 aliphatic heterocycles. The number of thiazole rings is 1. The van der Waals surface area contributed by atoms with E-state index in [1.807, 2.05) is 0 Å². The zero-order valence-corrected chi connectivity index (χ0v) is 12.7. The Balaban J connectivity index is 1.90. The maximum absolute atomic E-state index is 13.8. The molecule has 1 aliphatic rings. The van der Waals surface area contributed by atoms with Crippen LogP contribution in [-0.2, 0) is 4.79 Å². The lowest BCUT2D eigenvalue weighted by Gasteiger charge is -2.00. The Morgan fingerprint density at radius 1 is 1.45 bits per heavy atom. The number of aromatic nitrogens is 1. The van der Waals surface area contributed by atoms with Gasteiger partial charge in [-0.05, 0) is 6.42 Å². The number of thioether (sulfide) groups is 1. The van der Waals surface area contributed by atoms with Gasteiger partial charge in [-0.25, -0.2) is 13.8 Å². The van der Waals surface area contributed by atoms with E-state index in [1.165, 1.54) is 11.8 Å². The number of phenolic OH excluding ortho intramolecular Hbond substituents is 1. The first kappa shape index (κ1) is 15.2. The Hall–Kier alpha value is -1.74. The van der Waals surface area contributed by atoms with E-state index in [4.69, 9.17) is 5.11 Å². The van der Waals surface area contributed by atoms with Crippen molar-refractivity contribution in [3.63, 3.8) is 0 Å². The minimum Gasteiger partial charge on any atom is -0.503 e. The monoisotopic (exact) mass is 344 g/mol. The Bertz CT molecular complexity index is 791. The highest BCUT2D eigenvalue weighted by Crippen LogP contribution is 2.35. The van der Waals surface area contributed by atoms with Gasteiger partial charge in [-0.2, -0.15) is 0 Å². The number of nitrogens with zero attached hydrogens (tertiary/aromatic N) is 2. The zero-order chi connectivity index (χ0) is 15.9. The summed E-state index contributed by atoms with van der Waals surface area (Å²) in [5.41, 5.74) is 0.130. The van der Waals surface area contributed by atoms with Crippen molar-refractivity contribution < 1.29 is 23.8 Å². The molecule has 0 fully saturated rings. The first-order valence-corrected chi connectivity index (χ1v) is 8.16. The number of aromatic hydroxyl groups is 1. The van der Waals surface area contributed by atoms with Crippen LogP contribution in [0.15, 0.2) is 11.1 Å². The summed E-state index contributed by atoms with van der Waals surface area (Å²) in [6.45, 7) is 0. The van der Waals surface area contributed by atoms with Crippen LogP contribution in [0.3, 0.4) is 0 Å². The fourth-order valence-corrected chi connectivity index (χ4v) is 4.21. The standard InChI is InChI=1S/C13H10F2N2O3S2/c14-6-3-7-11(9(15)10(6)20)22-13(17-7)12-16-5(4-21-12)1-2-8(18)19/h3,5,20H,1-2,4H2,(H,18,19). The normalized spacial score (nSPS) is 17.9. The third-order valence-corrected chi connectivity index (χ3v) is 5.46. The number of carbonyl (C=O) groups is 1. The van der Waals surface area contributed by atoms with E-state index in [0.29, 0.717) is 22.2 Å². The van der Waals surface area contributed by atoms with Crippen molar-refractivity contribution in [1.29, 1.82) is 0 Å². The van der Waals surface area contributed by atoms with Gasteiger partial charge in [0.1, 0.15) is 10.1 Å².